The summed E-state index contributed by atoms with van der Waals surface area (Å²) in [6.07, 6.45) is 16.8. The first kappa shape index (κ1) is 20.0. The van der Waals surface area contributed by atoms with Crippen LogP contribution in [0.4, 0.5) is 0 Å². The molecule has 0 N–H and O–H groups in total. The second kappa shape index (κ2) is 12.7. The lowest BCUT2D eigenvalue weighted by atomic mass is 10.0. The van der Waals surface area contributed by atoms with E-state index < -0.39 is 0 Å². The first-order chi connectivity index (χ1) is 9.95. The minimum atomic E-state index is 0.658. The van der Waals surface area contributed by atoms with Crippen molar-refractivity contribution in [3.63, 3.8) is 0 Å². The van der Waals surface area contributed by atoms with E-state index >= 15 is 0 Å². The van der Waals surface area contributed by atoms with Crippen molar-refractivity contribution in [2.24, 2.45) is 0 Å². The molecule has 2 radical (unpaired) electrons. The highest BCUT2D eigenvalue weighted by Gasteiger charge is 1.93. The van der Waals surface area contributed by atoms with Crippen molar-refractivity contribution >= 4 is 7.85 Å². The van der Waals surface area contributed by atoms with E-state index in [1.807, 2.05) is 0 Å². The second-order valence-corrected chi connectivity index (χ2v) is 6.28. The summed E-state index contributed by atoms with van der Waals surface area (Å²) in [7, 11) is 5.50. The minimum Gasteiger partial charge on any atom is -0.0942 e. The summed E-state index contributed by atoms with van der Waals surface area (Å²) in [5, 5.41) is 0. The Kier molecular flexibility index (Phi) is 12.2. The van der Waals surface area contributed by atoms with Crippen LogP contribution in [0.5, 0.6) is 0 Å². The predicted molar refractivity (Wildman–Crippen MR) is 99.0 cm³/mol. The van der Waals surface area contributed by atoms with Crippen LogP contribution in [-0.4, -0.2) is 7.85 Å². The molecule has 0 spiro atoms. The normalized spacial score (nSPS) is 13.5. The third-order valence-electron chi connectivity index (χ3n) is 3.62. The largest absolute Gasteiger partial charge is 0.0942 e. The van der Waals surface area contributed by atoms with Gasteiger partial charge in [-0.3, -0.25) is 0 Å². The van der Waals surface area contributed by atoms with Gasteiger partial charge >= 0.3 is 0 Å². The summed E-state index contributed by atoms with van der Waals surface area (Å²) in [6, 6.07) is 0. The van der Waals surface area contributed by atoms with Crippen molar-refractivity contribution in [2.75, 3.05) is 0 Å². The van der Waals surface area contributed by atoms with Gasteiger partial charge in [-0.05, 0) is 73.1 Å². The maximum Gasteiger partial charge on any atom is 0.0708 e. The predicted octanol–water partition coefficient (Wildman–Crippen LogP) is 6.72. The van der Waals surface area contributed by atoms with Gasteiger partial charge < -0.3 is 0 Å². The van der Waals surface area contributed by atoms with E-state index in [-0.39, 0.29) is 0 Å². The average Bonchev–Trinajstić information content (AvgIpc) is 2.38. The first-order valence-electron chi connectivity index (χ1n) is 8.26. The molecule has 21 heavy (non-hydrogen) atoms. The molecule has 0 amide bonds. The SMILES string of the molecule is [B]C/C=C(\C)CC/C=C(\C)CC/C=C(\C)CCC=C(C)C. The van der Waals surface area contributed by atoms with Gasteiger partial charge in [0.2, 0.25) is 0 Å². The Morgan fingerprint density at radius 3 is 1.38 bits per heavy atom. The molecule has 0 aromatic rings. The Balaban J connectivity index is 3.93. The molecule has 116 valence electrons. The summed E-state index contributed by atoms with van der Waals surface area (Å²) >= 11 is 0. The molecule has 0 saturated carbocycles. The Morgan fingerprint density at radius 2 is 1.00 bits per heavy atom. The van der Waals surface area contributed by atoms with Crippen LogP contribution in [0, 0.1) is 0 Å². The molecule has 0 heterocycles. The summed E-state index contributed by atoms with van der Waals surface area (Å²) < 4.78 is 0. The van der Waals surface area contributed by atoms with Crippen LogP contribution in [0.3, 0.4) is 0 Å². The molecule has 0 unspecified atom stereocenters. The Morgan fingerprint density at radius 1 is 0.619 bits per heavy atom. The van der Waals surface area contributed by atoms with Gasteiger partial charge in [-0.15, -0.1) is 0 Å². The molecule has 0 fully saturated rings. The highest BCUT2D eigenvalue weighted by molar-refractivity contribution is 6.09. The van der Waals surface area contributed by atoms with Crippen LogP contribution in [-0.2, 0) is 0 Å². The van der Waals surface area contributed by atoms with Gasteiger partial charge in [0.15, 0.2) is 0 Å². The van der Waals surface area contributed by atoms with Crippen LogP contribution in [0.25, 0.3) is 0 Å². The zero-order chi connectivity index (χ0) is 16.1. The third-order valence-corrected chi connectivity index (χ3v) is 3.62. The molecule has 0 aliphatic heterocycles. The highest BCUT2D eigenvalue weighted by atomic mass is 14.0. The summed E-state index contributed by atoms with van der Waals surface area (Å²) in [5.74, 6) is 0. The van der Waals surface area contributed by atoms with Gasteiger partial charge in [0.05, 0.1) is 7.85 Å². The molecule has 0 bridgehead atoms. The Hall–Kier alpha value is -0.975. The lowest BCUT2D eigenvalue weighted by molar-refractivity contribution is 0.899. The molecule has 1 heteroatoms. The van der Waals surface area contributed by atoms with Gasteiger partial charge in [-0.2, -0.15) is 0 Å². The third kappa shape index (κ3) is 13.8. The zero-order valence-corrected chi connectivity index (χ0v) is 14.8. The van der Waals surface area contributed by atoms with Crippen molar-refractivity contribution in [2.45, 2.75) is 79.5 Å². The topological polar surface area (TPSA) is 0 Å². The van der Waals surface area contributed by atoms with E-state index in [2.05, 4.69) is 58.9 Å². The maximum absolute atomic E-state index is 5.50. The summed E-state index contributed by atoms with van der Waals surface area (Å²) in [4.78, 5) is 0. The Bertz CT molecular complexity index is 390. The van der Waals surface area contributed by atoms with Crippen molar-refractivity contribution in [1.29, 1.82) is 0 Å². The van der Waals surface area contributed by atoms with E-state index in [0.29, 0.717) is 6.32 Å². The maximum atomic E-state index is 5.50. The zero-order valence-electron chi connectivity index (χ0n) is 14.8. The number of rotatable bonds is 10. The Labute approximate surface area is 134 Å². The molecular weight excluding hydrogens is 251 g/mol. The van der Waals surface area contributed by atoms with Crippen LogP contribution in [0.2, 0.25) is 6.32 Å². The van der Waals surface area contributed by atoms with Crippen molar-refractivity contribution < 1.29 is 0 Å². The first-order valence-corrected chi connectivity index (χ1v) is 8.26. The fourth-order valence-electron chi connectivity index (χ4n) is 2.19. The quantitative estimate of drug-likeness (QED) is 0.308. The van der Waals surface area contributed by atoms with Gasteiger partial charge in [-0.25, -0.2) is 0 Å². The van der Waals surface area contributed by atoms with Crippen LogP contribution in [0.1, 0.15) is 73.1 Å². The summed E-state index contributed by atoms with van der Waals surface area (Å²) in [5.41, 5.74) is 5.84. The number of hydrogen-bond donors (Lipinski definition) is 0. The highest BCUT2D eigenvalue weighted by Crippen LogP contribution is 2.13. The van der Waals surface area contributed by atoms with E-state index in [4.69, 9.17) is 7.85 Å². The van der Waals surface area contributed by atoms with Gasteiger partial charge in [-0.1, -0.05) is 52.9 Å². The minimum absolute atomic E-state index is 0.658. The van der Waals surface area contributed by atoms with Gasteiger partial charge in [0.1, 0.15) is 0 Å². The average molecular weight is 284 g/mol. The standard InChI is InChI=1S/C20H33B/c1-17(2)9-6-10-18(3)11-7-12-19(4)13-8-14-20(5)15-16-21/h9,11,13,15H,6-8,10,12,14,16H2,1-5H3/b18-11+,19-13+,20-15+. The van der Waals surface area contributed by atoms with E-state index in [1.54, 1.807) is 0 Å². The van der Waals surface area contributed by atoms with Gasteiger partial charge in [0.25, 0.3) is 0 Å². The molecule has 0 aliphatic rings. The lowest BCUT2D eigenvalue weighted by Crippen LogP contribution is -1.82. The van der Waals surface area contributed by atoms with Crippen molar-refractivity contribution in [1.82, 2.24) is 0 Å². The molecule has 0 aromatic carbocycles. The van der Waals surface area contributed by atoms with Crippen molar-refractivity contribution in [3.05, 3.63) is 46.6 Å². The number of hydrogen-bond acceptors (Lipinski definition) is 0. The van der Waals surface area contributed by atoms with Crippen LogP contribution >= 0.6 is 0 Å². The van der Waals surface area contributed by atoms with Crippen LogP contribution in [0.15, 0.2) is 46.6 Å². The fourth-order valence-corrected chi connectivity index (χ4v) is 2.19. The number of allylic oxidation sites excluding steroid dienone is 8. The monoisotopic (exact) mass is 284 g/mol. The summed E-state index contributed by atoms with van der Waals surface area (Å²) in [6.45, 7) is 11.0. The van der Waals surface area contributed by atoms with Crippen molar-refractivity contribution in [3.8, 4) is 0 Å². The molecule has 0 aromatic heterocycles. The molecule has 0 nitrogen and oxygen atoms in total. The van der Waals surface area contributed by atoms with Crippen LogP contribution < -0.4 is 0 Å². The molecular formula is C20H33B. The van der Waals surface area contributed by atoms with E-state index in [9.17, 15) is 0 Å². The molecule has 0 atom stereocenters. The van der Waals surface area contributed by atoms with E-state index in [0.717, 1.165) is 12.8 Å². The fraction of sp³-hybridized carbons (Fsp3) is 0.600. The van der Waals surface area contributed by atoms with Gasteiger partial charge in [0, 0.05) is 0 Å². The second-order valence-electron chi connectivity index (χ2n) is 6.28. The molecule has 0 saturated heterocycles. The lowest BCUT2D eigenvalue weighted by Gasteiger charge is -2.02. The smallest absolute Gasteiger partial charge is 0.0708 e. The van der Waals surface area contributed by atoms with E-state index in [1.165, 1.54) is 48.0 Å². The molecule has 0 aliphatic carbocycles. The molecule has 0 rings (SSSR count).